The van der Waals surface area contributed by atoms with Gasteiger partial charge >= 0.3 is 0 Å². The van der Waals surface area contributed by atoms with Crippen molar-refractivity contribution in [1.29, 1.82) is 0 Å². The van der Waals surface area contributed by atoms with E-state index in [1.54, 1.807) is 7.05 Å². The van der Waals surface area contributed by atoms with Crippen molar-refractivity contribution in [3.63, 3.8) is 0 Å². The third-order valence-corrected chi connectivity index (χ3v) is 2.31. The number of nitrogens with zero attached hydrogens (tertiary/aromatic N) is 1. The fourth-order valence-electron chi connectivity index (χ4n) is 1.41. The number of carbonyl (C=O) groups is 1. The molecule has 4 heteroatoms. The maximum Gasteiger partial charge on any atom is 0.296 e. The van der Waals surface area contributed by atoms with E-state index in [0.29, 0.717) is 13.2 Å². The van der Waals surface area contributed by atoms with Gasteiger partial charge in [-0.15, -0.1) is 0 Å². The smallest absolute Gasteiger partial charge is 0.296 e. The Morgan fingerprint density at radius 3 is 2.62 bits per heavy atom. The minimum Gasteiger partial charge on any atom is -0.494 e. The molecule has 0 bridgehead atoms. The summed E-state index contributed by atoms with van der Waals surface area (Å²) in [5.41, 5.74) is 0.822. The van der Waals surface area contributed by atoms with Crippen LogP contribution < -0.4 is 4.90 Å². The van der Waals surface area contributed by atoms with E-state index < -0.39 is 0 Å². The first-order valence-electron chi connectivity index (χ1n) is 5.07. The molecule has 1 aliphatic rings. The summed E-state index contributed by atoms with van der Waals surface area (Å²) in [7, 11) is 1.70. The van der Waals surface area contributed by atoms with Gasteiger partial charge in [-0.25, -0.2) is 0 Å². The molecule has 0 saturated heterocycles. The molecule has 0 aromatic heterocycles. The van der Waals surface area contributed by atoms with Crippen molar-refractivity contribution < 1.29 is 14.3 Å². The van der Waals surface area contributed by atoms with Crippen molar-refractivity contribution in [2.45, 2.75) is 0 Å². The molecule has 0 spiro atoms. The first-order valence-corrected chi connectivity index (χ1v) is 5.07. The number of likely N-dealkylation sites (N-methyl/N-ethyl adjacent to an activating group) is 1. The van der Waals surface area contributed by atoms with Gasteiger partial charge in [-0.1, -0.05) is 18.2 Å². The third-order valence-electron chi connectivity index (χ3n) is 2.31. The molecule has 4 nitrogen and oxygen atoms in total. The summed E-state index contributed by atoms with van der Waals surface area (Å²) in [5.74, 6) is 0.0449. The molecule has 0 fully saturated rings. The Morgan fingerprint density at radius 1 is 1.25 bits per heavy atom. The molecule has 84 valence electrons. The molecule has 16 heavy (non-hydrogen) atoms. The molecule has 0 atom stereocenters. The molecule has 0 aliphatic carbocycles. The fourth-order valence-corrected chi connectivity index (χ4v) is 1.41. The lowest BCUT2D eigenvalue weighted by Crippen LogP contribution is -2.30. The lowest BCUT2D eigenvalue weighted by Gasteiger charge is -2.21. The first-order chi connectivity index (χ1) is 7.79. The fraction of sp³-hybridized carbons (Fsp3) is 0.250. The van der Waals surface area contributed by atoms with E-state index in [1.165, 1.54) is 11.2 Å². The summed E-state index contributed by atoms with van der Waals surface area (Å²) < 4.78 is 10.3. The Kier molecular flexibility index (Phi) is 3.10. The zero-order chi connectivity index (χ0) is 11.4. The highest BCUT2D eigenvalue weighted by molar-refractivity contribution is 6.03. The van der Waals surface area contributed by atoms with Crippen LogP contribution in [-0.4, -0.2) is 26.2 Å². The molecule has 1 heterocycles. The molecule has 0 radical (unpaired) electrons. The Bertz CT molecular complexity index is 400. The topological polar surface area (TPSA) is 38.8 Å². The second-order valence-electron chi connectivity index (χ2n) is 3.40. The van der Waals surface area contributed by atoms with E-state index in [9.17, 15) is 4.79 Å². The number of hydrogen-bond acceptors (Lipinski definition) is 3. The number of anilines is 1. The third kappa shape index (κ3) is 2.16. The number of carbonyl (C=O) groups excluding carboxylic acids is 1. The van der Waals surface area contributed by atoms with Crippen LogP contribution in [-0.2, 0) is 14.3 Å². The van der Waals surface area contributed by atoms with Crippen molar-refractivity contribution in [1.82, 2.24) is 0 Å². The minimum absolute atomic E-state index is 0.203. The predicted molar refractivity (Wildman–Crippen MR) is 59.8 cm³/mol. The second kappa shape index (κ2) is 4.70. The van der Waals surface area contributed by atoms with E-state index in [2.05, 4.69) is 0 Å². The van der Waals surface area contributed by atoms with E-state index >= 15 is 0 Å². The number of benzene rings is 1. The van der Waals surface area contributed by atoms with Crippen LogP contribution in [0.5, 0.6) is 0 Å². The van der Waals surface area contributed by atoms with Crippen LogP contribution in [0.15, 0.2) is 42.4 Å². The lowest BCUT2D eigenvalue weighted by molar-refractivity contribution is -0.119. The zero-order valence-corrected chi connectivity index (χ0v) is 9.05. The van der Waals surface area contributed by atoms with Gasteiger partial charge in [0.05, 0.1) is 0 Å². The summed E-state index contributed by atoms with van der Waals surface area (Å²) >= 11 is 0. The average Bonchev–Trinajstić information content (AvgIpc) is 2.39. The highest BCUT2D eigenvalue weighted by Crippen LogP contribution is 2.15. The standard InChI is InChI=1S/C12H13NO3/c1-13(10-5-3-2-4-6-10)12(14)11-9-15-7-8-16-11/h2-6,9H,7-8H2,1H3. The van der Waals surface area contributed by atoms with Gasteiger partial charge in [0, 0.05) is 12.7 Å². The normalized spacial score (nSPS) is 14.4. The van der Waals surface area contributed by atoms with Crippen LogP contribution in [0.25, 0.3) is 0 Å². The van der Waals surface area contributed by atoms with Gasteiger partial charge in [-0.05, 0) is 12.1 Å². The molecule has 0 unspecified atom stereocenters. The van der Waals surface area contributed by atoms with Gasteiger partial charge in [0.15, 0.2) is 0 Å². The van der Waals surface area contributed by atoms with Gasteiger partial charge in [-0.3, -0.25) is 4.79 Å². The molecule has 1 aromatic rings. The Morgan fingerprint density at radius 2 is 2.00 bits per heavy atom. The molecular formula is C12H13NO3. The van der Waals surface area contributed by atoms with Crippen molar-refractivity contribution >= 4 is 11.6 Å². The first kappa shape index (κ1) is 10.5. The van der Waals surface area contributed by atoms with Crippen molar-refractivity contribution in [2.75, 3.05) is 25.2 Å². The highest BCUT2D eigenvalue weighted by Gasteiger charge is 2.19. The number of rotatable bonds is 2. The van der Waals surface area contributed by atoms with Crippen molar-refractivity contribution in [2.24, 2.45) is 0 Å². The minimum atomic E-state index is -0.203. The monoisotopic (exact) mass is 219 g/mol. The lowest BCUT2D eigenvalue weighted by atomic mass is 10.3. The number of para-hydroxylation sites is 1. The summed E-state index contributed by atoms with van der Waals surface area (Å²) in [6.45, 7) is 0.909. The van der Waals surface area contributed by atoms with Crippen molar-refractivity contribution in [3.05, 3.63) is 42.4 Å². The molecule has 0 saturated carbocycles. The van der Waals surface area contributed by atoms with E-state index in [0.717, 1.165) is 5.69 Å². The molecule has 2 rings (SSSR count). The largest absolute Gasteiger partial charge is 0.494 e. The summed E-state index contributed by atoms with van der Waals surface area (Å²) in [6.07, 6.45) is 1.37. The van der Waals surface area contributed by atoms with Crippen LogP contribution >= 0.6 is 0 Å². The molecule has 0 N–H and O–H groups in total. The Balaban J connectivity index is 2.13. The zero-order valence-electron chi connectivity index (χ0n) is 9.05. The average molecular weight is 219 g/mol. The van der Waals surface area contributed by atoms with Gasteiger partial charge in [0.25, 0.3) is 5.91 Å². The Labute approximate surface area is 94.1 Å². The van der Waals surface area contributed by atoms with E-state index in [1.807, 2.05) is 30.3 Å². The Hall–Kier alpha value is -1.97. The number of ether oxygens (including phenoxy) is 2. The van der Waals surface area contributed by atoms with Crippen LogP contribution in [0.1, 0.15) is 0 Å². The van der Waals surface area contributed by atoms with Gasteiger partial charge in [0.2, 0.25) is 5.76 Å². The number of amides is 1. The maximum absolute atomic E-state index is 12.0. The van der Waals surface area contributed by atoms with Crippen LogP contribution in [0.4, 0.5) is 5.69 Å². The second-order valence-corrected chi connectivity index (χ2v) is 3.40. The predicted octanol–water partition coefficient (Wildman–Crippen LogP) is 1.54. The van der Waals surface area contributed by atoms with Crippen LogP contribution in [0.2, 0.25) is 0 Å². The molecular weight excluding hydrogens is 206 g/mol. The van der Waals surface area contributed by atoms with Crippen molar-refractivity contribution in [3.8, 4) is 0 Å². The molecule has 1 aliphatic heterocycles. The maximum atomic E-state index is 12.0. The van der Waals surface area contributed by atoms with E-state index in [-0.39, 0.29) is 11.7 Å². The van der Waals surface area contributed by atoms with Gasteiger partial charge in [-0.2, -0.15) is 0 Å². The van der Waals surface area contributed by atoms with E-state index in [4.69, 9.17) is 9.47 Å². The molecule has 1 amide bonds. The van der Waals surface area contributed by atoms with Crippen LogP contribution in [0.3, 0.4) is 0 Å². The summed E-state index contributed by atoms with van der Waals surface area (Å²) in [5, 5.41) is 0. The summed E-state index contributed by atoms with van der Waals surface area (Å²) in [4.78, 5) is 13.5. The van der Waals surface area contributed by atoms with Crippen LogP contribution in [0, 0.1) is 0 Å². The van der Waals surface area contributed by atoms with Gasteiger partial charge in [0.1, 0.15) is 19.5 Å². The number of hydrogen-bond donors (Lipinski definition) is 0. The van der Waals surface area contributed by atoms with Gasteiger partial charge < -0.3 is 14.4 Å². The SMILES string of the molecule is CN(C(=O)C1=COCCO1)c1ccccc1. The quantitative estimate of drug-likeness (QED) is 0.757. The highest BCUT2D eigenvalue weighted by atomic mass is 16.6. The molecule has 1 aromatic carbocycles. The summed E-state index contributed by atoms with van der Waals surface area (Å²) in [6, 6.07) is 9.39.